The Hall–Kier alpha value is -2.43. The minimum atomic E-state index is -4.09. The van der Waals surface area contributed by atoms with Crippen LogP contribution in [0.3, 0.4) is 0 Å². The summed E-state index contributed by atoms with van der Waals surface area (Å²) in [5.41, 5.74) is 0.259. The zero-order valence-corrected chi connectivity index (χ0v) is 22.7. The van der Waals surface area contributed by atoms with Crippen molar-refractivity contribution in [2.75, 3.05) is 17.1 Å². The summed E-state index contributed by atoms with van der Waals surface area (Å²) in [7, 11) is -4.09. The van der Waals surface area contributed by atoms with Crippen LogP contribution in [-0.4, -0.2) is 50.0 Å². The summed E-state index contributed by atoms with van der Waals surface area (Å²) < 4.78 is 53.0. The summed E-state index contributed by atoms with van der Waals surface area (Å²) in [6.07, 6.45) is 1.73. The van der Waals surface area contributed by atoms with Gasteiger partial charge in [-0.2, -0.15) is 0 Å². The van der Waals surface area contributed by atoms with E-state index in [0.29, 0.717) is 27.4 Å². The summed E-state index contributed by atoms with van der Waals surface area (Å²) >= 11 is 12.3. The van der Waals surface area contributed by atoms with Gasteiger partial charge in [0.25, 0.3) is 0 Å². The van der Waals surface area contributed by atoms with Crippen LogP contribution in [0.2, 0.25) is 10.0 Å². The average molecular weight is 564 g/mol. The molecule has 0 spiro atoms. The van der Waals surface area contributed by atoms with Crippen molar-refractivity contribution in [3.8, 4) is 0 Å². The SMILES string of the molecule is CC[C@H](C(=O)N[C@@H](C)CC)N(Cc1ccc(Cl)cc1Cl)C(=O)CN(c1ccc(F)c(F)c1)S(C)(=O)=O. The Balaban J connectivity index is 2.50. The molecule has 198 valence electrons. The van der Waals surface area contributed by atoms with Crippen LogP contribution in [0, 0.1) is 11.6 Å². The number of hydrogen-bond donors (Lipinski definition) is 1. The van der Waals surface area contributed by atoms with Gasteiger partial charge < -0.3 is 10.2 Å². The number of benzene rings is 2. The molecule has 0 fully saturated rings. The summed E-state index contributed by atoms with van der Waals surface area (Å²) in [6, 6.07) is 6.08. The number of anilines is 1. The molecule has 0 aliphatic rings. The first-order valence-electron chi connectivity index (χ1n) is 11.2. The molecular formula is C24H29Cl2F2N3O4S. The van der Waals surface area contributed by atoms with Crippen molar-refractivity contribution < 1.29 is 26.8 Å². The first-order valence-corrected chi connectivity index (χ1v) is 13.8. The van der Waals surface area contributed by atoms with Crippen LogP contribution in [0.1, 0.15) is 39.2 Å². The number of carbonyl (C=O) groups is 2. The predicted molar refractivity (Wildman–Crippen MR) is 138 cm³/mol. The molecule has 0 bridgehead atoms. The molecule has 0 saturated heterocycles. The molecule has 0 aliphatic heterocycles. The van der Waals surface area contributed by atoms with Crippen LogP contribution >= 0.6 is 23.2 Å². The smallest absolute Gasteiger partial charge is 0.244 e. The van der Waals surface area contributed by atoms with Crippen LogP contribution in [0.5, 0.6) is 0 Å². The quantitative estimate of drug-likeness (QED) is 0.427. The fourth-order valence-electron chi connectivity index (χ4n) is 3.45. The fraction of sp³-hybridized carbons (Fsp3) is 0.417. The first kappa shape index (κ1) is 29.8. The van der Waals surface area contributed by atoms with Gasteiger partial charge in [-0.05, 0) is 49.6 Å². The van der Waals surface area contributed by atoms with Gasteiger partial charge in [0.2, 0.25) is 21.8 Å². The second-order valence-electron chi connectivity index (χ2n) is 8.37. The molecule has 2 atom stereocenters. The highest BCUT2D eigenvalue weighted by molar-refractivity contribution is 7.92. The number of halogens is 4. The van der Waals surface area contributed by atoms with Crippen molar-refractivity contribution in [3.05, 3.63) is 63.6 Å². The lowest BCUT2D eigenvalue weighted by Crippen LogP contribution is -2.53. The molecule has 0 radical (unpaired) electrons. The van der Waals surface area contributed by atoms with Gasteiger partial charge in [0.15, 0.2) is 11.6 Å². The van der Waals surface area contributed by atoms with E-state index in [1.807, 2.05) is 13.8 Å². The summed E-state index contributed by atoms with van der Waals surface area (Å²) in [5, 5.41) is 3.49. The number of nitrogens with one attached hydrogen (secondary N) is 1. The van der Waals surface area contributed by atoms with E-state index >= 15 is 0 Å². The minimum absolute atomic E-state index is 0.114. The average Bonchev–Trinajstić information content (AvgIpc) is 2.79. The van der Waals surface area contributed by atoms with E-state index in [-0.39, 0.29) is 29.7 Å². The maximum absolute atomic E-state index is 13.9. The number of rotatable bonds is 11. The third kappa shape index (κ3) is 7.78. The Morgan fingerprint density at radius 2 is 1.69 bits per heavy atom. The molecule has 0 heterocycles. The van der Waals surface area contributed by atoms with E-state index in [9.17, 15) is 26.8 Å². The minimum Gasteiger partial charge on any atom is -0.352 e. The number of sulfonamides is 1. The number of carbonyl (C=O) groups excluding carboxylic acids is 2. The molecule has 1 N–H and O–H groups in total. The molecule has 0 unspecified atom stereocenters. The normalized spacial score (nSPS) is 13.1. The summed E-state index contributed by atoms with van der Waals surface area (Å²) in [4.78, 5) is 27.9. The van der Waals surface area contributed by atoms with Gasteiger partial charge in [0.1, 0.15) is 12.6 Å². The molecule has 0 aliphatic carbocycles. The van der Waals surface area contributed by atoms with Gasteiger partial charge in [-0.1, -0.05) is 43.1 Å². The second kappa shape index (κ2) is 12.7. The number of nitrogens with zero attached hydrogens (tertiary/aromatic N) is 2. The molecule has 12 heteroatoms. The molecule has 0 aromatic heterocycles. The van der Waals surface area contributed by atoms with Crippen molar-refractivity contribution >= 4 is 50.7 Å². The lowest BCUT2D eigenvalue weighted by Gasteiger charge is -2.33. The van der Waals surface area contributed by atoms with Gasteiger partial charge in [0, 0.05) is 28.7 Å². The van der Waals surface area contributed by atoms with E-state index in [1.165, 1.54) is 11.0 Å². The topological polar surface area (TPSA) is 86.8 Å². The van der Waals surface area contributed by atoms with Crippen molar-refractivity contribution in [1.82, 2.24) is 10.2 Å². The van der Waals surface area contributed by atoms with Crippen molar-refractivity contribution in [1.29, 1.82) is 0 Å². The van der Waals surface area contributed by atoms with E-state index in [2.05, 4.69) is 5.32 Å². The van der Waals surface area contributed by atoms with Gasteiger partial charge in [-0.15, -0.1) is 0 Å². The van der Waals surface area contributed by atoms with E-state index in [4.69, 9.17) is 23.2 Å². The maximum atomic E-state index is 13.9. The lowest BCUT2D eigenvalue weighted by atomic mass is 10.1. The van der Waals surface area contributed by atoms with Crippen LogP contribution in [0.15, 0.2) is 36.4 Å². The molecule has 2 rings (SSSR count). The largest absolute Gasteiger partial charge is 0.352 e. The second-order valence-corrected chi connectivity index (χ2v) is 11.1. The van der Waals surface area contributed by atoms with Gasteiger partial charge in [-0.3, -0.25) is 13.9 Å². The highest BCUT2D eigenvalue weighted by Crippen LogP contribution is 2.25. The van der Waals surface area contributed by atoms with Gasteiger partial charge >= 0.3 is 0 Å². The lowest BCUT2D eigenvalue weighted by molar-refractivity contribution is -0.140. The van der Waals surface area contributed by atoms with Gasteiger partial charge in [0.05, 0.1) is 11.9 Å². The first-order chi connectivity index (χ1) is 16.8. The summed E-state index contributed by atoms with van der Waals surface area (Å²) in [5.74, 6) is -3.57. The molecular weight excluding hydrogens is 535 g/mol. The van der Waals surface area contributed by atoms with E-state index in [0.717, 1.165) is 18.4 Å². The zero-order valence-electron chi connectivity index (χ0n) is 20.4. The molecule has 7 nitrogen and oxygen atoms in total. The molecule has 2 aromatic rings. The Kier molecular flexibility index (Phi) is 10.5. The maximum Gasteiger partial charge on any atom is 0.244 e. The van der Waals surface area contributed by atoms with Crippen molar-refractivity contribution in [3.63, 3.8) is 0 Å². The van der Waals surface area contributed by atoms with Crippen LogP contribution in [-0.2, 0) is 26.2 Å². The third-order valence-electron chi connectivity index (χ3n) is 5.61. The monoisotopic (exact) mass is 563 g/mol. The Morgan fingerprint density at radius 3 is 2.22 bits per heavy atom. The van der Waals surface area contributed by atoms with Crippen LogP contribution in [0.25, 0.3) is 0 Å². The molecule has 36 heavy (non-hydrogen) atoms. The highest BCUT2D eigenvalue weighted by atomic mass is 35.5. The standard InChI is InChI=1S/C24H29Cl2F2N3O4S/c1-5-15(3)29-24(33)22(6-2)30(13-16-7-8-17(25)11-19(16)26)23(32)14-31(36(4,34)35)18-9-10-20(27)21(28)12-18/h7-12,15,22H,5-6,13-14H2,1-4H3,(H,29,33)/t15-,22+/m0/s1. The summed E-state index contributed by atoms with van der Waals surface area (Å²) in [6.45, 7) is 4.57. The Morgan fingerprint density at radius 1 is 1.03 bits per heavy atom. The fourth-order valence-corrected chi connectivity index (χ4v) is 4.76. The molecule has 2 aromatic carbocycles. The Bertz CT molecular complexity index is 1210. The van der Waals surface area contributed by atoms with Crippen molar-refractivity contribution in [2.45, 2.75) is 52.2 Å². The zero-order chi connectivity index (χ0) is 27.2. The Labute approximate surface area is 220 Å². The van der Waals surface area contributed by atoms with Crippen molar-refractivity contribution in [2.24, 2.45) is 0 Å². The van der Waals surface area contributed by atoms with E-state index in [1.54, 1.807) is 19.1 Å². The number of hydrogen-bond acceptors (Lipinski definition) is 4. The van der Waals surface area contributed by atoms with Crippen LogP contribution < -0.4 is 9.62 Å². The van der Waals surface area contributed by atoms with Gasteiger partial charge in [-0.25, -0.2) is 17.2 Å². The highest BCUT2D eigenvalue weighted by Gasteiger charge is 2.32. The molecule has 0 saturated carbocycles. The number of amides is 2. The third-order valence-corrected chi connectivity index (χ3v) is 7.34. The van der Waals surface area contributed by atoms with E-state index < -0.39 is 46.1 Å². The predicted octanol–water partition coefficient (Wildman–Crippen LogP) is 4.76. The molecule has 2 amide bonds. The van der Waals surface area contributed by atoms with Crippen LogP contribution in [0.4, 0.5) is 14.5 Å².